The second kappa shape index (κ2) is 4.80. The Bertz CT molecular complexity index is 119. The van der Waals surface area contributed by atoms with Gasteiger partial charge < -0.3 is 0 Å². The zero-order chi connectivity index (χ0) is 7.28. The molecule has 0 N–H and O–H groups in total. The average molecular weight is 189 g/mol. The van der Waals surface area contributed by atoms with Gasteiger partial charge in [-0.2, -0.15) is 0 Å². The van der Waals surface area contributed by atoms with Gasteiger partial charge in [-0.1, -0.05) is 34.2 Å². The molecule has 0 atom stereocenters. The van der Waals surface area contributed by atoms with E-state index in [9.17, 15) is 0 Å². The lowest BCUT2D eigenvalue weighted by atomic mass is 10.2. The number of rotatable bonds is 3. The van der Waals surface area contributed by atoms with Gasteiger partial charge in [-0.25, -0.2) is 0 Å². The van der Waals surface area contributed by atoms with Gasteiger partial charge in [-0.3, -0.25) is 0 Å². The molecule has 9 heavy (non-hydrogen) atoms. The molecule has 0 heterocycles. The molecular formula is C8H13Br. The molecule has 1 heteroatoms. The monoisotopic (exact) mass is 188 g/mol. The first-order chi connectivity index (χ1) is 4.13. The lowest BCUT2D eigenvalue weighted by Gasteiger charge is -1.91. The zero-order valence-corrected chi connectivity index (χ0v) is 7.66. The van der Waals surface area contributed by atoms with E-state index in [0.29, 0.717) is 0 Å². The summed E-state index contributed by atoms with van der Waals surface area (Å²) in [5.74, 6) is 0. The van der Waals surface area contributed by atoms with Crippen molar-refractivity contribution in [3.8, 4) is 0 Å². The maximum absolute atomic E-state index is 3.74. The van der Waals surface area contributed by atoms with Crippen LogP contribution in [0.2, 0.25) is 0 Å². The van der Waals surface area contributed by atoms with Gasteiger partial charge in [-0.05, 0) is 31.2 Å². The van der Waals surface area contributed by atoms with Gasteiger partial charge in [-0.15, -0.1) is 0 Å². The van der Waals surface area contributed by atoms with Gasteiger partial charge in [0.15, 0.2) is 0 Å². The van der Waals surface area contributed by atoms with E-state index >= 15 is 0 Å². The number of hydrogen-bond acceptors (Lipinski definition) is 0. The summed E-state index contributed by atoms with van der Waals surface area (Å²) >= 11 is 3.30. The molecule has 0 bridgehead atoms. The number of hydrogen-bond donors (Lipinski definition) is 0. The van der Waals surface area contributed by atoms with E-state index in [4.69, 9.17) is 0 Å². The first-order valence-corrected chi connectivity index (χ1v) is 3.89. The summed E-state index contributed by atoms with van der Waals surface area (Å²) in [6, 6.07) is 0. The maximum Gasteiger partial charge on any atom is -0.0118 e. The number of halogens is 1. The highest BCUT2D eigenvalue weighted by Gasteiger charge is 1.84. The molecule has 0 aliphatic carbocycles. The molecule has 0 unspecified atom stereocenters. The van der Waals surface area contributed by atoms with Crippen molar-refractivity contribution >= 4 is 15.9 Å². The highest BCUT2D eigenvalue weighted by molar-refractivity contribution is 9.11. The molecule has 0 aliphatic heterocycles. The first-order valence-electron chi connectivity index (χ1n) is 3.09. The third-order valence-electron chi connectivity index (χ3n) is 0.968. The largest absolute Gasteiger partial charge is 0.0888 e. The van der Waals surface area contributed by atoms with Gasteiger partial charge >= 0.3 is 0 Å². The van der Waals surface area contributed by atoms with Crippen LogP contribution in [0.3, 0.4) is 0 Å². The van der Waals surface area contributed by atoms with Crippen LogP contribution in [-0.2, 0) is 0 Å². The quantitative estimate of drug-likeness (QED) is 0.594. The molecule has 0 saturated carbocycles. The molecule has 0 fully saturated rings. The van der Waals surface area contributed by atoms with Crippen LogP contribution in [0.25, 0.3) is 0 Å². The molecule has 0 saturated heterocycles. The molecule has 52 valence electrons. The Hall–Kier alpha value is -0.0400. The molecule has 0 radical (unpaired) electrons. The van der Waals surface area contributed by atoms with Crippen LogP contribution in [-0.4, -0.2) is 0 Å². The Morgan fingerprint density at radius 3 is 2.44 bits per heavy atom. The molecule has 0 nitrogen and oxygen atoms in total. The van der Waals surface area contributed by atoms with Gasteiger partial charge in [0.25, 0.3) is 0 Å². The third kappa shape index (κ3) is 7.96. The Labute approximate surface area is 65.8 Å². The first kappa shape index (κ1) is 8.96. The van der Waals surface area contributed by atoms with E-state index in [0.717, 1.165) is 17.3 Å². The van der Waals surface area contributed by atoms with E-state index in [1.54, 1.807) is 0 Å². The molecule has 0 spiro atoms. The van der Waals surface area contributed by atoms with Crippen LogP contribution in [0.5, 0.6) is 0 Å². The third-order valence-corrected chi connectivity index (χ3v) is 1.36. The Morgan fingerprint density at radius 1 is 1.56 bits per heavy atom. The predicted molar refractivity (Wildman–Crippen MR) is 46.7 cm³/mol. The summed E-state index contributed by atoms with van der Waals surface area (Å²) < 4.78 is 1.08. The molecule has 0 aromatic carbocycles. The van der Waals surface area contributed by atoms with Crippen molar-refractivity contribution in [3.05, 3.63) is 22.7 Å². The fraction of sp³-hybridized carbons (Fsp3) is 0.500. The van der Waals surface area contributed by atoms with E-state index in [-0.39, 0.29) is 0 Å². The SMILES string of the molecule is C=C(Br)CCC=C(C)C. The number of allylic oxidation sites excluding steroid dienone is 3. The van der Waals surface area contributed by atoms with E-state index in [1.165, 1.54) is 5.57 Å². The fourth-order valence-electron chi connectivity index (χ4n) is 0.517. The topological polar surface area (TPSA) is 0 Å². The normalized spacial score (nSPS) is 8.78. The van der Waals surface area contributed by atoms with Crippen molar-refractivity contribution in [1.82, 2.24) is 0 Å². The molecule has 0 rings (SSSR count). The minimum absolute atomic E-state index is 1.05. The summed E-state index contributed by atoms with van der Waals surface area (Å²) in [5.41, 5.74) is 1.38. The van der Waals surface area contributed by atoms with Gasteiger partial charge in [0, 0.05) is 0 Å². The van der Waals surface area contributed by atoms with Crippen LogP contribution in [0.15, 0.2) is 22.7 Å². The van der Waals surface area contributed by atoms with E-state index in [1.807, 2.05) is 0 Å². The minimum Gasteiger partial charge on any atom is -0.0888 e. The summed E-state index contributed by atoms with van der Waals surface area (Å²) in [6.45, 7) is 7.96. The lowest BCUT2D eigenvalue weighted by molar-refractivity contribution is 1.03. The molecular weight excluding hydrogens is 176 g/mol. The van der Waals surface area contributed by atoms with Crippen molar-refractivity contribution in [3.63, 3.8) is 0 Å². The molecule has 0 aromatic heterocycles. The maximum atomic E-state index is 3.74. The standard InChI is InChI=1S/C8H13Br/c1-7(2)5-4-6-8(3)9/h5H,3-4,6H2,1-2H3. The Kier molecular flexibility index (Phi) is 4.78. The van der Waals surface area contributed by atoms with Crippen molar-refractivity contribution in [2.75, 3.05) is 0 Å². The van der Waals surface area contributed by atoms with Crippen molar-refractivity contribution in [1.29, 1.82) is 0 Å². The molecule has 0 aliphatic rings. The predicted octanol–water partition coefficient (Wildman–Crippen LogP) is 3.64. The summed E-state index contributed by atoms with van der Waals surface area (Å²) in [6.07, 6.45) is 4.37. The van der Waals surface area contributed by atoms with Gasteiger partial charge in [0.2, 0.25) is 0 Å². The fourth-order valence-corrected chi connectivity index (χ4v) is 0.746. The van der Waals surface area contributed by atoms with Crippen LogP contribution in [0, 0.1) is 0 Å². The van der Waals surface area contributed by atoms with Crippen molar-refractivity contribution in [2.24, 2.45) is 0 Å². The van der Waals surface area contributed by atoms with E-state index in [2.05, 4.69) is 42.4 Å². The Morgan fingerprint density at radius 2 is 2.11 bits per heavy atom. The second-order valence-corrected chi connectivity index (χ2v) is 3.46. The van der Waals surface area contributed by atoms with Crippen LogP contribution >= 0.6 is 15.9 Å². The molecule has 0 aromatic rings. The van der Waals surface area contributed by atoms with E-state index < -0.39 is 0 Å². The van der Waals surface area contributed by atoms with Crippen LogP contribution in [0.4, 0.5) is 0 Å². The summed E-state index contributed by atoms with van der Waals surface area (Å²) in [4.78, 5) is 0. The van der Waals surface area contributed by atoms with Crippen LogP contribution in [0.1, 0.15) is 26.7 Å². The summed E-state index contributed by atoms with van der Waals surface area (Å²) in [7, 11) is 0. The average Bonchev–Trinajstić information content (AvgIpc) is 1.63. The van der Waals surface area contributed by atoms with Crippen LogP contribution < -0.4 is 0 Å². The Balaban J connectivity index is 3.31. The lowest BCUT2D eigenvalue weighted by Crippen LogP contribution is -1.69. The smallest absolute Gasteiger partial charge is 0.0118 e. The van der Waals surface area contributed by atoms with Crippen molar-refractivity contribution in [2.45, 2.75) is 26.7 Å². The van der Waals surface area contributed by atoms with Crippen molar-refractivity contribution < 1.29 is 0 Å². The minimum atomic E-state index is 1.05. The molecule has 0 amide bonds. The van der Waals surface area contributed by atoms with Gasteiger partial charge in [0.05, 0.1) is 0 Å². The highest BCUT2D eigenvalue weighted by Crippen LogP contribution is 2.10. The second-order valence-electron chi connectivity index (χ2n) is 2.34. The summed E-state index contributed by atoms with van der Waals surface area (Å²) in [5, 5.41) is 0. The highest BCUT2D eigenvalue weighted by atomic mass is 79.9. The van der Waals surface area contributed by atoms with Gasteiger partial charge in [0.1, 0.15) is 0 Å². The zero-order valence-electron chi connectivity index (χ0n) is 6.08.